The summed E-state index contributed by atoms with van der Waals surface area (Å²) in [5.41, 5.74) is 4.01. The third kappa shape index (κ3) is 4.43. The maximum Gasteiger partial charge on any atom is 0.304 e. The van der Waals surface area contributed by atoms with Crippen LogP contribution in [0.4, 0.5) is 11.7 Å². The first kappa shape index (κ1) is 22.1. The number of oxazole rings is 1. The molecule has 0 radical (unpaired) electrons. The SMILES string of the molecule is CCOCN(c1ncc(-c2ccc(C#N)c(-n3cccc(C)c3=O)c2)o1)c1ccccc1C. The molecule has 2 heterocycles. The molecular weight excluding hydrogens is 416 g/mol. The standard InChI is InChI=1S/C26H24N4O3/c1-4-32-17-30(22-10-6-5-8-18(22)2)26-28-16-24(33-26)20-11-12-21(15-27)23(14-20)29-13-7-9-19(3)25(29)31/h5-14,16H,4,17H2,1-3H3. The van der Waals surface area contributed by atoms with E-state index in [0.717, 1.165) is 11.3 Å². The normalized spacial score (nSPS) is 10.7. The molecule has 0 aliphatic carbocycles. The number of para-hydroxylation sites is 1. The number of anilines is 2. The van der Waals surface area contributed by atoms with E-state index in [1.54, 1.807) is 49.6 Å². The van der Waals surface area contributed by atoms with Gasteiger partial charge in [0.05, 0.1) is 23.1 Å². The van der Waals surface area contributed by atoms with E-state index in [-0.39, 0.29) is 5.56 Å². The monoisotopic (exact) mass is 440 g/mol. The second-order valence-electron chi connectivity index (χ2n) is 7.55. The van der Waals surface area contributed by atoms with Crippen molar-refractivity contribution < 1.29 is 9.15 Å². The Morgan fingerprint density at radius 3 is 2.67 bits per heavy atom. The molecule has 4 aromatic rings. The van der Waals surface area contributed by atoms with Gasteiger partial charge in [-0.15, -0.1) is 0 Å². The van der Waals surface area contributed by atoms with Crippen LogP contribution in [-0.2, 0) is 4.74 Å². The van der Waals surface area contributed by atoms with Gasteiger partial charge in [-0.2, -0.15) is 5.26 Å². The summed E-state index contributed by atoms with van der Waals surface area (Å²) in [5.74, 6) is 0.520. The zero-order valence-corrected chi connectivity index (χ0v) is 18.8. The first-order valence-electron chi connectivity index (χ1n) is 10.6. The topological polar surface area (TPSA) is 84.3 Å². The molecule has 0 aliphatic heterocycles. The summed E-state index contributed by atoms with van der Waals surface area (Å²) in [6, 6.07) is 19.3. The fraction of sp³-hybridized carbons (Fsp3) is 0.192. The van der Waals surface area contributed by atoms with Gasteiger partial charge in [0.25, 0.3) is 5.56 Å². The van der Waals surface area contributed by atoms with Crippen LogP contribution in [-0.4, -0.2) is 22.9 Å². The van der Waals surface area contributed by atoms with E-state index < -0.39 is 0 Å². The fourth-order valence-electron chi connectivity index (χ4n) is 3.57. The quantitative estimate of drug-likeness (QED) is 0.371. The first-order valence-corrected chi connectivity index (χ1v) is 10.6. The number of aromatic nitrogens is 2. The summed E-state index contributed by atoms with van der Waals surface area (Å²) in [4.78, 5) is 19.0. The van der Waals surface area contributed by atoms with Crippen LogP contribution in [0.5, 0.6) is 0 Å². The number of nitriles is 1. The number of rotatable bonds is 7. The lowest BCUT2D eigenvalue weighted by molar-refractivity contribution is 0.151. The van der Waals surface area contributed by atoms with Crippen LogP contribution in [0.3, 0.4) is 0 Å². The molecular formula is C26H24N4O3. The number of benzene rings is 2. The molecule has 0 aliphatic rings. The Labute approximate surface area is 192 Å². The second kappa shape index (κ2) is 9.55. The molecule has 0 spiro atoms. The van der Waals surface area contributed by atoms with Gasteiger partial charge < -0.3 is 9.15 Å². The molecule has 7 nitrogen and oxygen atoms in total. The van der Waals surface area contributed by atoms with E-state index in [0.29, 0.717) is 47.5 Å². The summed E-state index contributed by atoms with van der Waals surface area (Å²) in [7, 11) is 0. The van der Waals surface area contributed by atoms with Gasteiger partial charge in [-0.25, -0.2) is 4.98 Å². The van der Waals surface area contributed by atoms with Crippen LogP contribution < -0.4 is 10.5 Å². The van der Waals surface area contributed by atoms with Crippen molar-refractivity contribution >= 4 is 11.7 Å². The Kier molecular flexibility index (Phi) is 6.38. The van der Waals surface area contributed by atoms with Gasteiger partial charge in [0.1, 0.15) is 12.8 Å². The number of hydrogen-bond donors (Lipinski definition) is 0. The molecule has 0 saturated heterocycles. The molecule has 0 N–H and O–H groups in total. The maximum atomic E-state index is 12.7. The maximum absolute atomic E-state index is 12.7. The third-order valence-electron chi connectivity index (χ3n) is 5.35. The Morgan fingerprint density at radius 1 is 1.12 bits per heavy atom. The number of ether oxygens (including phenoxy) is 1. The van der Waals surface area contributed by atoms with Crippen molar-refractivity contribution in [2.45, 2.75) is 20.8 Å². The van der Waals surface area contributed by atoms with Crippen molar-refractivity contribution in [3.63, 3.8) is 0 Å². The van der Waals surface area contributed by atoms with Crippen LogP contribution in [0.15, 0.2) is 76.2 Å². The van der Waals surface area contributed by atoms with Crippen molar-refractivity contribution in [3.8, 4) is 23.1 Å². The molecule has 0 fully saturated rings. The molecule has 166 valence electrons. The Bertz CT molecular complexity index is 1380. The van der Waals surface area contributed by atoms with Gasteiger partial charge in [-0.1, -0.05) is 24.3 Å². The van der Waals surface area contributed by atoms with Gasteiger partial charge in [-0.3, -0.25) is 14.3 Å². The molecule has 0 bridgehead atoms. The highest BCUT2D eigenvalue weighted by Gasteiger charge is 2.19. The smallest absolute Gasteiger partial charge is 0.304 e. The molecule has 7 heteroatoms. The first-order chi connectivity index (χ1) is 16.0. The minimum Gasteiger partial charge on any atom is -0.423 e. The lowest BCUT2D eigenvalue weighted by Gasteiger charge is -2.22. The van der Waals surface area contributed by atoms with Crippen LogP contribution in [0, 0.1) is 25.2 Å². The summed E-state index contributed by atoms with van der Waals surface area (Å²) in [6.07, 6.45) is 3.29. The lowest BCUT2D eigenvalue weighted by Crippen LogP contribution is -2.21. The molecule has 0 amide bonds. The van der Waals surface area contributed by atoms with E-state index >= 15 is 0 Å². The Morgan fingerprint density at radius 2 is 1.91 bits per heavy atom. The van der Waals surface area contributed by atoms with Crippen LogP contribution in [0.25, 0.3) is 17.0 Å². The van der Waals surface area contributed by atoms with E-state index in [1.807, 2.05) is 43.0 Å². The number of nitrogens with zero attached hydrogens (tertiary/aromatic N) is 4. The van der Waals surface area contributed by atoms with E-state index in [2.05, 4.69) is 11.1 Å². The predicted molar refractivity (Wildman–Crippen MR) is 127 cm³/mol. The molecule has 0 unspecified atom stereocenters. The molecule has 2 aromatic heterocycles. The molecule has 0 saturated carbocycles. The van der Waals surface area contributed by atoms with Gasteiger partial charge in [0.15, 0.2) is 5.76 Å². The Balaban J connectivity index is 1.77. The molecule has 4 rings (SSSR count). The van der Waals surface area contributed by atoms with Crippen LogP contribution in [0.2, 0.25) is 0 Å². The third-order valence-corrected chi connectivity index (χ3v) is 5.35. The van der Waals surface area contributed by atoms with E-state index in [4.69, 9.17) is 9.15 Å². The van der Waals surface area contributed by atoms with Gasteiger partial charge in [0, 0.05) is 23.9 Å². The van der Waals surface area contributed by atoms with E-state index in [1.165, 1.54) is 4.57 Å². The number of pyridine rings is 1. The Hall–Kier alpha value is -4.15. The summed E-state index contributed by atoms with van der Waals surface area (Å²) >= 11 is 0. The van der Waals surface area contributed by atoms with Gasteiger partial charge >= 0.3 is 6.01 Å². The van der Waals surface area contributed by atoms with Crippen LogP contribution in [0.1, 0.15) is 23.6 Å². The highest BCUT2D eigenvalue weighted by Crippen LogP contribution is 2.32. The minimum absolute atomic E-state index is 0.174. The fourth-order valence-corrected chi connectivity index (χ4v) is 3.57. The average molecular weight is 441 g/mol. The molecule has 2 aromatic carbocycles. The average Bonchev–Trinajstić information content (AvgIpc) is 3.32. The van der Waals surface area contributed by atoms with Crippen molar-refractivity contribution in [2.24, 2.45) is 0 Å². The second-order valence-corrected chi connectivity index (χ2v) is 7.55. The summed E-state index contributed by atoms with van der Waals surface area (Å²) in [5, 5.41) is 9.59. The van der Waals surface area contributed by atoms with Crippen molar-refractivity contribution in [1.29, 1.82) is 5.26 Å². The zero-order chi connectivity index (χ0) is 23.4. The minimum atomic E-state index is -0.174. The van der Waals surface area contributed by atoms with E-state index in [9.17, 15) is 10.1 Å². The molecule has 33 heavy (non-hydrogen) atoms. The zero-order valence-electron chi connectivity index (χ0n) is 18.8. The van der Waals surface area contributed by atoms with Crippen molar-refractivity contribution in [3.05, 3.63) is 94.0 Å². The highest BCUT2D eigenvalue weighted by atomic mass is 16.5. The molecule has 0 atom stereocenters. The summed E-state index contributed by atoms with van der Waals surface area (Å²) in [6.45, 7) is 6.54. The van der Waals surface area contributed by atoms with Crippen molar-refractivity contribution in [1.82, 2.24) is 9.55 Å². The lowest BCUT2D eigenvalue weighted by atomic mass is 10.1. The van der Waals surface area contributed by atoms with Crippen LogP contribution >= 0.6 is 0 Å². The predicted octanol–water partition coefficient (Wildman–Crippen LogP) is 5.11. The highest BCUT2D eigenvalue weighted by molar-refractivity contribution is 5.67. The van der Waals surface area contributed by atoms with Crippen molar-refractivity contribution in [2.75, 3.05) is 18.2 Å². The van der Waals surface area contributed by atoms with Gasteiger partial charge in [-0.05, 0) is 56.7 Å². The summed E-state index contributed by atoms with van der Waals surface area (Å²) < 4.78 is 13.3. The number of aryl methyl sites for hydroxylation is 2. The van der Waals surface area contributed by atoms with Gasteiger partial charge in [0.2, 0.25) is 0 Å². The largest absolute Gasteiger partial charge is 0.423 e. The number of hydrogen-bond acceptors (Lipinski definition) is 6.